The third-order valence-corrected chi connectivity index (χ3v) is 3.45. The van der Waals surface area contributed by atoms with Gasteiger partial charge in [-0.25, -0.2) is 0 Å². The highest BCUT2D eigenvalue weighted by Crippen LogP contribution is 2.09. The van der Waals surface area contributed by atoms with Gasteiger partial charge in [0, 0.05) is 12.8 Å². The van der Waals surface area contributed by atoms with E-state index >= 15 is 0 Å². The van der Waals surface area contributed by atoms with Crippen LogP contribution in [0.4, 0.5) is 0 Å². The standard InChI is InChI=1S/C20H30NO3/c1-2-3-4-5-6-7-8-9-10-11-12-13-14-17-20(21(23)24)18-15-16-19-22/h6-7,9-10,12-13,17H,2-5,8,11,14-16,18H2,1H3/b7-6-,10-9-,13-12-,20-17+. The lowest BCUT2D eigenvalue weighted by molar-refractivity contribution is -0.428. The van der Waals surface area contributed by atoms with E-state index in [1.807, 2.05) is 12.2 Å². The summed E-state index contributed by atoms with van der Waals surface area (Å²) in [6, 6.07) is 0. The third-order valence-electron chi connectivity index (χ3n) is 3.45. The first kappa shape index (κ1) is 22.0. The zero-order chi connectivity index (χ0) is 17.9. The highest BCUT2D eigenvalue weighted by atomic mass is 16.6. The molecule has 0 saturated heterocycles. The quantitative estimate of drug-likeness (QED) is 0.164. The molecule has 0 fully saturated rings. The van der Waals surface area contributed by atoms with Gasteiger partial charge in [0.2, 0.25) is 5.70 Å². The van der Waals surface area contributed by atoms with E-state index in [0.717, 1.165) is 19.3 Å². The molecular weight excluding hydrogens is 302 g/mol. The number of carbonyl (C=O) groups excluding carboxylic acids is 1. The van der Waals surface area contributed by atoms with Crippen molar-refractivity contribution in [3.8, 4) is 0 Å². The maximum Gasteiger partial charge on any atom is 0.242 e. The molecule has 4 nitrogen and oxygen atoms in total. The van der Waals surface area contributed by atoms with Crippen LogP contribution in [-0.4, -0.2) is 11.2 Å². The van der Waals surface area contributed by atoms with Crippen LogP contribution in [-0.2, 0) is 4.79 Å². The SMILES string of the molecule is CCCCC/C=C\C/C=C\C/C=C\C/C=C(\CCC[C]=O)[N+](=O)[O-]. The molecule has 0 atom stereocenters. The van der Waals surface area contributed by atoms with Gasteiger partial charge in [0.15, 0.2) is 6.29 Å². The highest BCUT2D eigenvalue weighted by Gasteiger charge is 2.08. The summed E-state index contributed by atoms with van der Waals surface area (Å²) in [5.41, 5.74) is 0.179. The Balaban J connectivity index is 3.85. The van der Waals surface area contributed by atoms with Gasteiger partial charge in [-0.1, -0.05) is 56.2 Å². The van der Waals surface area contributed by atoms with Gasteiger partial charge < -0.3 is 0 Å². The van der Waals surface area contributed by atoms with Crippen LogP contribution in [0, 0.1) is 10.1 Å². The molecule has 0 aromatic heterocycles. The first-order valence-corrected chi connectivity index (χ1v) is 8.85. The van der Waals surface area contributed by atoms with Gasteiger partial charge in [0.1, 0.15) is 0 Å². The molecule has 0 aromatic carbocycles. The summed E-state index contributed by atoms with van der Waals surface area (Å²) in [5, 5.41) is 10.8. The van der Waals surface area contributed by atoms with Gasteiger partial charge in [-0.05, 0) is 44.6 Å². The Hall–Kier alpha value is -1.97. The Labute approximate surface area is 146 Å². The van der Waals surface area contributed by atoms with E-state index < -0.39 is 0 Å². The Morgan fingerprint density at radius 3 is 2.17 bits per heavy atom. The maximum absolute atomic E-state index is 10.8. The van der Waals surface area contributed by atoms with Crippen LogP contribution in [0.25, 0.3) is 0 Å². The number of hydrogen-bond acceptors (Lipinski definition) is 3. The molecule has 0 heterocycles. The number of hydrogen-bond donors (Lipinski definition) is 0. The molecule has 0 aliphatic heterocycles. The van der Waals surface area contributed by atoms with E-state index in [4.69, 9.17) is 0 Å². The monoisotopic (exact) mass is 332 g/mol. The Kier molecular flexibility index (Phi) is 16.0. The molecule has 0 aromatic rings. The van der Waals surface area contributed by atoms with Gasteiger partial charge in [-0.2, -0.15) is 0 Å². The van der Waals surface area contributed by atoms with Gasteiger partial charge >= 0.3 is 0 Å². The Bertz CT molecular complexity index is 448. The second-order valence-electron chi connectivity index (χ2n) is 5.57. The Morgan fingerprint density at radius 1 is 0.958 bits per heavy atom. The van der Waals surface area contributed by atoms with Crippen LogP contribution in [0.15, 0.2) is 48.2 Å². The fourth-order valence-electron chi connectivity index (χ4n) is 2.08. The summed E-state index contributed by atoms with van der Waals surface area (Å²) in [4.78, 5) is 20.6. The first-order chi connectivity index (χ1) is 11.7. The average molecular weight is 332 g/mol. The lowest BCUT2D eigenvalue weighted by Crippen LogP contribution is -1.98. The average Bonchev–Trinajstić information content (AvgIpc) is 2.57. The number of nitrogens with zero attached hydrogens (tertiary/aromatic N) is 1. The van der Waals surface area contributed by atoms with Gasteiger partial charge in [-0.15, -0.1) is 0 Å². The van der Waals surface area contributed by atoms with Crippen LogP contribution in [0.1, 0.15) is 71.1 Å². The predicted octanol–water partition coefficient (Wildman–Crippen LogP) is 5.85. The molecule has 0 aliphatic rings. The zero-order valence-electron chi connectivity index (χ0n) is 14.8. The van der Waals surface area contributed by atoms with E-state index in [2.05, 4.69) is 31.2 Å². The molecule has 133 valence electrons. The molecule has 0 bridgehead atoms. The van der Waals surface area contributed by atoms with Crippen molar-refractivity contribution in [3.05, 3.63) is 58.3 Å². The minimum Gasteiger partial charge on any atom is -0.291 e. The van der Waals surface area contributed by atoms with Crippen LogP contribution in [0.5, 0.6) is 0 Å². The third kappa shape index (κ3) is 14.9. The molecule has 24 heavy (non-hydrogen) atoms. The zero-order valence-corrected chi connectivity index (χ0v) is 14.8. The normalized spacial score (nSPS) is 12.6. The lowest BCUT2D eigenvalue weighted by Gasteiger charge is -1.95. The second kappa shape index (κ2) is 17.4. The van der Waals surface area contributed by atoms with E-state index in [0.29, 0.717) is 19.3 Å². The smallest absolute Gasteiger partial charge is 0.242 e. The molecule has 0 N–H and O–H groups in total. The maximum atomic E-state index is 10.8. The summed E-state index contributed by atoms with van der Waals surface area (Å²) >= 11 is 0. The highest BCUT2D eigenvalue weighted by molar-refractivity contribution is 5.50. The topological polar surface area (TPSA) is 60.2 Å². The number of rotatable bonds is 15. The minimum absolute atomic E-state index is 0.179. The summed E-state index contributed by atoms with van der Waals surface area (Å²) < 4.78 is 0. The molecule has 0 unspecified atom stereocenters. The van der Waals surface area contributed by atoms with E-state index in [9.17, 15) is 14.9 Å². The molecule has 0 saturated carbocycles. The van der Waals surface area contributed by atoms with Crippen LogP contribution >= 0.6 is 0 Å². The van der Waals surface area contributed by atoms with Crippen LogP contribution in [0.3, 0.4) is 0 Å². The summed E-state index contributed by atoms with van der Waals surface area (Å²) in [5.74, 6) is 0. The number of allylic oxidation sites excluding steroid dienone is 8. The minimum atomic E-state index is -0.370. The summed E-state index contributed by atoms with van der Waals surface area (Å²) in [6.07, 6.45) is 24.4. The first-order valence-electron chi connectivity index (χ1n) is 8.85. The largest absolute Gasteiger partial charge is 0.291 e. The van der Waals surface area contributed by atoms with Gasteiger partial charge in [0.25, 0.3) is 0 Å². The lowest BCUT2D eigenvalue weighted by atomic mass is 10.2. The molecule has 4 heteroatoms. The predicted molar refractivity (Wildman–Crippen MR) is 100 cm³/mol. The van der Waals surface area contributed by atoms with E-state index in [-0.39, 0.29) is 17.0 Å². The van der Waals surface area contributed by atoms with Gasteiger partial charge in [0.05, 0.1) is 4.92 Å². The number of unbranched alkanes of at least 4 members (excludes halogenated alkanes) is 4. The van der Waals surface area contributed by atoms with Crippen LogP contribution in [0.2, 0.25) is 0 Å². The van der Waals surface area contributed by atoms with Crippen molar-refractivity contribution in [2.75, 3.05) is 0 Å². The van der Waals surface area contributed by atoms with Crippen molar-refractivity contribution in [2.45, 2.75) is 71.1 Å². The number of nitro groups is 1. The second-order valence-corrected chi connectivity index (χ2v) is 5.57. The molecule has 0 spiro atoms. The van der Waals surface area contributed by atoms with E-state index in [1.54, 1.807) is 12.4 Å². The molecular formula is C20H30NO3. The fraction of sp³-hybridized carbons (Fsp3) is 0.550. The van der Waals surface area contributed by atoms with Crippen molar-refractivity contribution < 1.29 is 9.72 Å². The van der Waals surface area contributed by atoms with Crippen molar-refractivity contribution in [1.82, 2.24) is 0 Å². The van der Waals surface area contributed by atoms with E-state index in [1.165, 1.54) is 19.3 Å². The van der Waals surface area contributed by atoms with Crippen molar-refractivity contribution in [3.63, 3.8) is 0 Å². The summed E-state index contributed by atoms with van der Waals surface area (Å²) in [7, 11) is 0. The summed E-state index contributed by atoms with van der Waals surface area (Å²) in [6.45, 7) is 2.21. The Morgan fingerprint density at radius 2 is 1.58 bits per heavy atom. The van der Waals surface area contributed by atoms with Crippen LogP contribution < -0.4 is 0 Å². The van der Waals surface area contributed by atoms with Crippen molar-refractivity contribution in [1.29, 1.82) is 0 Å². The molecule has 0 rings (SSSR count). The van der Waals surface area contributed by atoms with Gasteiger partial charge in [-0.3, -0.25) is 14.9 Å². The molecule has 1 radical (unpaired) electrons. The fourth-order valence-corrected chi connectivity index (χ4v) is 2.08. The van der Waals surface area contributed by atoms with Crippen molar-refractivity contribution in [2.24, 2.45) is 0 Å². The molecule has 0 amide bonds. The van der Waals surface area contributed by atoms with Crippen molar-refractivity contribution >= 4 is 6.29 Å². The molecule has 0 aliphatic carbocycles.